The molecule has 0 saturated heterocycles. The van der Waals surface area contributed by atoms with Crippen LogP contribution in [-0.4, -0.2) is 29.6 Å². The van der Waals surface area contributed by atoms with Crippen molar-refractivity contribution >= 4 is 11.8 Å². The molecule has 6 nitrogen and oxygen atoms in total. The molecule has 3 rings (SSSR count). The Morgan fingerprint density at radius 3 is 2.88 bits per heavy atom. The number of hydrogen-bond donors (Lipinski definition) is 2. The van der Waals surface area contributed by atoms with Crippen LogP contribution in [0.25, 0.3) is 0 Å². The van der Waals surface area contributed by atoms with E-state index in [9.17, 15) is 9.59 Å². The van der Waals surface area contributed by atoms with Gasteiger partial charge in [-0.3, -0.25) is 9.59 Å². The second-order valence-corrected chi connectivity index (χ2v) is 7.37. The lowest BCUT2D eigenvalue weighted by Gasteiger charge is -2.18. The van der Waals surface area contributed by atoms with Gasteiger partial charge >= 0.3 is 0 Å². The van der Waals surface area contributed by atoms with E-state index >= 15 is 0 Å². The molecule has 0 radical (unpaired) electrons. The van der Waals surface area contributed by atoms with Gasteiger partial charge in [0.05, 0.1) is 12.1 Å². The summed E-state index contributed by atoms with van der Waals surface area (Å²) in [7, 11) is 0. The van der Waals surface area contributed by atoms with Gasteiger partial charge in [-0.15, -0.1) is 0 Å². The topological polar surface area (TPSA) is 84.2 Å². The Labute approximate surface area is 142 Å². The smallest absolute Gasteiger partial charge is 0.226 e. The Morgan fingerprint density at radius 2 is 2.17 bits per heavy atom. The van der Waals surface area contributed by atoms with Crippen molar-refractivity contribution in [1.29, 1.82) is 0 Å². The number of aromatic nitrogens is 1. The molecule has 2 amide bonds. The summed E-state index contributed by atoms with van der Waals surface area (Å²) in [5.74, 6) is 1.38. The van der Waals surface area contributed by atoms with Crippen molar-refractivity contribution in [3.63, 3.8) is 0 Å². The summed E-state index contributed by atoms with van der Waals surface area (Å²) >= 11 is 0. The van der Waals surface area contributed by atoms with Gasteiger partial charge in [-0.1, -0.05) is 18.5 Å². The molecule has 1 aromatic rings. The van der Waals surface area contributed by atoms with E-state index in [1.165, 1.54) is 19.1 Å². The van der Waals surface area contributed by atoms with E-state index in [0.717, 1.165) is 32.2 Å². The maximum absolute atomic E-state index is 12.3. The largest absolute Gasteiger partial charge is 0.364 e. The molecule has 24 heavy (non-hydrogen) atoms. The van der Waals surface area contributed by atoms with Crippen molar-refractivity contribution in [2.75, 3.05) is 6.54 Å². The van der Waals surface area contributed by atoms with Gasteiger partial charge < -0.3 is 15.2 Å². The lowest BCUT2D eigenvalue weighted by atomic mass is 9.97. The second kappa shape index (κ2) is 7.81. The summed E-state index contributed by atoms with van der Waals surface area (Å²) in [5.41, 5.74) is 0.653. The molecule has 4 unspecified atom stereocenters. The van der Waals surface area contributed by atoms with E-state index in [1.807, 2.05) is 0 Å². The molecule has 2 aliphatic rings. The molecule has 0 aromatic carbocycles. The van der Waals surface area contributed by atoms with Gasteiger partial charge in [-0.2, -0.15) is 0 Å². The summed E-state index contributed by atoms with van der Waals surface area (Å²) in [6.07, 6.45) is 8.06. The minimum absolute atomic E-state index is 0.0154. The predicted octanol–water partition coefficient (Wildman–Crippen LogP) is 2.05. The van der Waals surface area contributed by atoms with E-state index in [-0.39, 0.29) is 30.2 Å². The normalized spacial score (nSPS) is 29.5. The first-order chi connectivity index (χ1) is 11.6. The van der Waals surface area contributed by atoms with Gasteiger partial charge in [0.1, 0.15) is 6.26 Å². The molecule has 1 heterocycles. The molecule has 4 atom stereocenters. The fourth-order valence-electron chi connectivity index (χ4n) is 4.07. The van der Waals surface area contributed by atoms with Crippen molar-refractivity contribution < 1.29 is 14.1 Å². The number of amides is 2. The zero-order valence-electron chi connectivity index (χ0n) is 14.3. The van der Waals surface area contributed by atoms with Crippen molar-refractivity contribution in [2.24, 2.45) is 17.8 Å². The molecule has 0 aliphatic heterocycles. The van der Waals surface area contributed by atoms with Crippen molar-refractivity contribution in [3.05, 3.63) is 18.0 Å². The summed E-state index contributed by atoms with van der Waals surface area (Å²) in [6.45, 7) is 2.91. The lowest BCUT2D eigenvalue weighted by Crippen LogP contribution is -2.36. The van der Waals surface area contributed by atoms with Crippen molar-refractivity contribution in [2.45, 2.75) is 57.9 Å². The number of hydrogen-bond acceptors (Lipinski definition) is 4. The summed E-state index contributed by atoms with van der Waals surface area (Å²) in [6, 6.07) is 1.91. The molecule has 2 N–H and O–H groups in total. The maximum Gasteiger partial charge on any atom is 0.226 e. The van der Waals surface area contributed by atoms with Crippen LogP contribution in [0.15, 0.2) is 16.9 Å². The van der Waals surface area contributed by atoms with Crippen LogP contribution in [0.5, 0.6) is 0 Å². The highest BCUT2D eigenvalue weighted by atomic mass is 16.5. The van der Waals surface area contributed by atoms with Crippen LogP contribution in [0.1, 0.15) is 51.1 Å². The zero-order valence-corrected chi connectivity index (χ0v) is 14.3. The average Bonchev–Trinajstić information content (AvgIpc) is 3.27. The van der Waals surface area contributed by atoms with Gasteiger partial charge in [0.25, 0.3) is 0 Å². The summed E-state index contributed by atoms with van der Waals surface area (Å²) < 4.78 is 4.74. The van der Waals surface area contributed by atoms with Gasteiger partial charge in [0, 0.05) is 24.6 Å². The summed E-state index contributed by atoms with van der Waals surface area (Å²) in [4.78, 5) is 24.2. The third-order valence-electron chi connectivity index (χ3n) is 5.50. The van der Waals surface area contributed by atoms with Crippen LogP contribution in [0, 0.1) is 17.8 Å². The molecule has 6 heteroatoms. The van der Waals surface area contributed by atoms with E-state index in [4.69, 9.17) is 4.52 Å². The van der Waals surface area contributed by atoms with Crippen molar-refractivity contribution in [3.8, 4) is 0 Å². The molecule has 1 aromatic heterocycles. The molecule has 132 valence electrons. The monoisotopic (exact) mass is 333 g/mol. The Hall–Kier alpha value is -1.85. The van der Waals surface area contributed by atoms with E-state index in [1.54, 1.807) is 6.07 Å². The van der Waals surface area contributed by atoms with Gasteiger partial charge in [0.15, 0.2) is 0 Å². The van der Waals surface area contributed by atoms with E-state index in [0.29, 0.717) is 17.5 Å². The second-order valence-electron chi connectivity index (χ2n) is 7.37. The molecule has 0 bridgehead atoms. The van der Waals surface area contributed by atoms with Gasteiger partial charge in [-0.25, -0.2) is 0 Å². The van der Waals surface area contributed by atoms with Crippen LogP contribution >= 0.6 is 0 Å². The van der Waals surface area contributed by atoms with E-state index in [2.05, 4.69) is 22.7 Å². The first-order valence-corrected chi connectivity index (χ1v) is 9.08. The van der Waals surface area contributed by atoms with Crippen LogP contribution in [0.4, 0.5) is 0 Å². The van der Waals surface area contributed by atoms with Gasteiger partial charge in [-0.05, 0) is 43.9 Å². The highest BCUT2D eigenvalue weighted by Gasteiger charge is 2.31. The average molecular weight is 333 g/mol. The number of nitrogens with zero attached hydrogens (tertiary/aromatic N) is 1. The quantitative estimate of drug-likeness (QED) is 0.834. The molecule has 2 aliphatic carbocycles. The van der Waals surface area contributed by atoms with Crippen LogP contribution in [0.2, 0.25) is 0 Å². The predicted molar refractivity (Wildman–Crippen MR) is 89.0 cm³/mol. The minimum Gasteiger partial charge on any atom is -0.364 e. The number of nitrogens with one attached hydrogen (secondary N) is 2. The zero-order chi connectivity index (χ0) is 16.9. The van der Waals surface area contributed by atoms with Crippen LogP contribution in [0.3, 0.4) is 0 Å². The van der Waals surface area contributed by atoms with Crippen molar-refractivity contribution in [1.82, 2.24) is 15.8 Å². The molecule has 0 spiro atoms. The molecule has 2 fully saturated rings. The number of carbonyl (C=O) groups excluding carboxylic acids is 2. The van der Waals surface area contributed by atoms with Gasteiger partial charge in [0.2, 0.25) is 11.8 Å². The summed E-state index contributed by atoms with van der Waals surface area (Å²) in [5, 5.41) is 9.95. The maximum atomic E-state index is 12.3. The number of rotatable bonds is 6. The lowest BCUT2D eigenvalue weighted by molar-refractivity contribution is -0.126. The molecular weight excluding hydrogens is 306 g/mol. The van der Waals surface area contributed by atoms with Crippen LogP contribution in [-0.2, 0) is 16.0 Å². The minimum atomic E-state index is -0.0154. The SMILES string of the molecule is CC1CCCC1C(=O)NCC1CCC(NC(=O)Cc2ccon2)C1. The number of carbonyl (C=O) groups is 2. The first-order valence-electron chi connectivity index (χ1n) is 9.08. The molecular formula is C18H27N3O3. The highest BCUT2D eigenvalue weighted by molar-refractivity contribution is 5.79. The van der Waals surface area contributed by atoms with E-state index < -0.39 is 0 Å². The third kappa shape index (κ3) is 4.36. The third-order valence-corrected chi connectivity index (χ3v) is 5.50. The first kappa shape index (κ1) is 17.0. The Bertz CT molecular complexity index is 558. The highest BCUT2D eigenvalue weighted by Crippen LogP contribution is 2.31. The Morgan fingerprint density at radius 1 is 1.29 bits per heavy atom. The fraction of sp³-hybridized carbons (Fsp3) is 0.722. The fourth-order valence-corrected chi connectivity index (χ4v) is 4.07. The Balaban J connectivity index is 1.36. The Kier molecular flexibility index (Phi) is 5.53. The standard InChI is InChI=1S/C18H27N3O3/c1-12-3-2-4-16(12)18(23)19-11-13-5-6-14(9-13)20-17(22)10-15-7-8-24-21-15/h7-8,12-14,16H,2-6,9-11H2,1H3,(H,19,23)(H,20,22). The molecule has 2 saturated carbocycles. The van der Waals surface area contributed by atoms with Crippen LogP contribution < -0.4 is 10.6 Å².